The fraction of sp³-hybridized carbons (Fsp3) is 0.444. The first-order valence-corrected chi connectivity index (χ1v) is 13.6. The number of nitrogens with one attached hydrogen (secondary N) is 1. The predicted octanol–water partition coefficient (Wildman–Crippen LogP) is 4.16. The van der Waals surface area contributed by atoms with Crippen LogP contribution in [0.3, 0.4) is 0 Å². The van der Waals surface area contributed by atoms with E-state index < -0.39 is 34.6 Å². The lowest BCUT2D eigenvalue weighted by molar-refractivity contribution is -0.123. The summed E-state index contributed by atoms with van der Waals surface area (Å²) in [6.07, 6.45) is 3.76. The number of hydrogen-bond donors (Lipinski definition) is 3. The van der Waals surface area contributed by atoms with Crippen molar-refractivity contribution in [1.29, 1.82) is 0 Å². The fourth-order valence-electron chi connectivity index (χ4n) is 4.81. The molecule has 1 aliphatic carbocycles. The summed E-state index contributed by atoms with van der Waals surface area (Å²) < 4.78 is 11.3. The maximum Gasteiger partial charge on any atom is 0.249 e. The highest BCUT2D eigenvalue weighted by Crippen LogP contribution is 2.57. The SMILES string of the molecule is CSCCC(N/C(C)=C1\C(=O)C=C2Oc3c(C(C)=O)c(O)c(C)c(O)c3[C@@]2(C)C1=O)c1nc(C(C)C)no1. The molecule has 0 amide bonds. The molecule has 202 valence electrons. The number of thioether (sulfide) groups is 1. The standard InChI is InChI=1S/C27H31N3O7S/c1-11(2)25-29-26(37-30-25)15(8-9-38-7)28-13(4)18-16(32)10-17-27(6,24(18)35)20-22(34)12(3)21(33)19(14(5)31)23(20)36-17/h10-11,15,28,33-34H,8-9H2,1-7H3/b18-13+/t15?,27-/m0/s1. The molecule has 1 aliphatic heterocycles. The molecular formula is C27H31N3O7S. The van der Waals surface area contributed by atoms with Crippen molar-refractivity contribution in [3.63, 3.8) is 0 Å². The highest BCUT2D eigenvalue weighted by atomic mass is 32.2. The van der Waals surface area contributed by atoms with Crippen molar-refractivity contribution < 1.29 is 33.9 Å². The zero-order chi connectivity index (χ0) is 28.1. The first-order chi connectivity index (χ1) is 17.8. The van der Waals surface area contributed by atoms with Crippen LogP contribution in [0.2, 0.25) is 0 Å². The van der Waals surface area contributed by atoms with Crippen LogP contribution in [0.4, 0.5) is 0 Å². The molecule has 2 atom stereocenters. The molecule has 3 N–H and O–H groups in total. The molecule has 0 saturated heterocycles. The van der Waals surface area contributed by atoms with E-state index in [0.717, 1.165) is 5.75 Å². The van der Waals surface area contributed by atoms with Gasteiger partial charge in [0.1, 0.15) is 40.0 Å². The number of rotatable bonds is 8. The third kappa shape index (κ3) is 4.18. The van der Waals surface area contributed by atoms with Gasteiger partial charge in [-0.3, -0.25) is 14.4 Å². The average molecular weight is 542 g/mol. The number of aromatic nitrogens is 2. The van der Waals surface area contributed by atoms with E-state index in [1.807, 2.05) is 20.1 Å². The average Bonchev–Trinajstić information content (AvgIpc) is 3.44. The molecule has 0 radical (unpaired) electrons. The molecular weight excluding hydrogens is 510 g/mol. The van der Waals surface area contributed by atoms with E-state index in [4.69, 9.17) is 9.26 Å². The number of phenols is 2. The third-order valence-electron chi connectivity index (χ3n) is 7.03. The maximum atomic E-state index is 14.0. The lowest BCUT2D eigenvalue weighted by Gasteiger charge is -2.29. The summed E-state index contributed by atoms with van der Waals surface area (Å²) in [4.78, 5) is 44.1. The Morgan fingerprint density at radius 2 is 1.89 bits per heavy atom. The van der Waals surface area contributed by atoms with Crippen LogP contribution in [0, 0.1) is 6.92 Å². The molecule has 2 heterocycles. The molecule has 1 aromatic heterocycles. The topological polar surface area (TPSA) is 152 Å². The Bertz CT molecular complexity index is 1420. The number of benzene rings is 1. The minimum atomic E-state index is -1.58. The van der Waals surface area contributed by atoms with Crippen LogP contribution in [0.15, 0.2) is 27.6 Å². The van der Waals surface area contributed by atoms with Crippen LogP contribution >= 0.6 is 11.8 Å². The van der Waals surface area contributed by atoms with Crippen molar-refractivity contribution in [3.8, 4) is 17.2 Å². The van der Waals surface area contributed by atoms with Gasteiger partial charge in [0.25, 0.3) is 0 Å². The molecule has 1 aromatic carbocycles. The monoisotopic (exact) mass is 541 g/mol. The summed E-state index contributed by atoms with van der Waals surface area (Å²) in [7, 11) is 0. The summed E-state index contributed by atoms with van der Waals surface area (Å²) in [5.41, 5.74) is -1.45. The van der Waals surface area contributed by atoms with Crippen LogP contribution in [0.1, 0.15) is 86.2 Å². The fourth-order valence-corrected chi connectivity index (χ4v) is 5.28. The first kappa shape index (κ1) is 27.4. The van der Waals surface area contributed by atoms with Gasteiger partial charge in [-0.2, -0.15) is 16.7 Å². The van der Waals surface area contributed by atoms with E-state index in [2.05, 4.69) is 15.5 Å². The van der Waals surface area contributed by atoms with Crippen molar-refractivity contribution in [3.05, 3.63) is 51.5 Å². The van der Waals surface area contributed by atoms with E-state index in [0.29, 0.717) is 23.8 Å². The third-order valence-corrected chi connectivity index (χ3v) is 7.68. The Hall–Kier alpha value is -3.60. The molecule has 10 nitrogen and oxygen atoms in total. The zero-order valence-electron chi connectivity index (χ0n) is 22.4. The second-order valence-electron chi connectivity index (χ2n) is 10.0. The Balaban J connectivity index is 1.81. The van der Waals surface area contributed by atoms with Gasteiger partial charge in [-0.05, 0) is 46.1 Å². The van der Waals surface area contributed by atoms with E-state index in [1.54, 1.807) is 18.7 Å². The summed E-state index contributed by atoms with van der Waals surface area (Å²) in [6.45, 7) is 9.75. The lowest BCUT2D eigenvalue weighted by Crippen LogP contribution is -2.41. The van der Waals surface area contributed by atoms with Gasteiger partial charge in [0, 0.05) is 23.3 Å². The number of Topliss-reactive ketones (excluding diaryl/α,β-unsaturated/α-hetero) is 2. The number of nitrogens with zero attached hydrogens (tertiary/aromatic N) is 2. The zero-order valence-corrected chi connectivity index (χ0v) is 23.2. The Morgan fingerprint density at radius 1 is 1.21 bits per heavy atom. The summed E-state index contributed by atoms with van der Waals surface area (Å²) >= 11 is 1.63. The molecule has 2 aromatic rings. The van der Waals surface area contributed by atoms with E-state index >= 15 is 0 Å². The van der Waals surface area contributed by atoms with Gasteiger partial charge in [0.05, 0.1) is 11.1 Å². The highest BCUT2D eigenvalue weighted by molar-refractivity contribution is 7.98. The molecule has 0 saturated carbocycles. The normalized spacial score (nSPS) is 20.6. The second kappa shape index (κ2) is 9.94. The molecule has 2 aliphatic rings. The highest BCUT2D eigenvalue weighted by Gasteiger charge is 2.56. The van der Waals surface area contributed by atoms with Crippen LogP contribution in [-0.4, -0.2) is 49.7 Å². The smallest absolute Gasteiger partial charge is 0.249 e. The molecule has 38 heavy (non-hydrogen) atoms. The van der Waals surface area contributed by atoms with Crippen molar-refractivity contribution in [1.82, 2.24) is 15.5 Å². The van der Waals surface area contributed by atoms with Gasteiger partial charge >= 0.3 is 0 Å². The van der Waals surface area contributed by atoms with Gasteiger partial charge in [-0.15, -0.1) is 0 Å². The summed E-state index contributed by atoms with van der Waals surface area (Å²) in [5, 5.41) is 28.8. The Kier molecular flexibility index (Phi) is 7.17. The van der Waals surface area contributed by atoms with Crippen LogP contribution < -0.4 is 10.1 Å². The van der Waals surface area contributed by atoms with Crippen molar-refractivity contribution in [2.24, 2.45) is 0 Å². The molecule has 11 heteroatoms. The van der Waals surface area contributed by atoms with Gasteiger partial charge in [0.2, 0.25) is 5.89 Å². The Morgan fingerprint density at radius 3 is 2.47 bits per heavy atom. The number of carbonyl (C=O) groups is 3. The largest absolute Gasteiger partial charge is 0.507 e. The number of phenolic OH excluding ortho intramolecular Hbond substituents is 2. The number of ketones is 3. The van der Waals surface area contributed by atoms with E-state index in [9.17, 15) is 24.6 Å². The van der Waals surface area contributed by atoms with Gasteiger partial charge < -0.3 is 24.8 Å². The molecule has 0 spiro atoms. The van der Waals surface area contributed by atoms with Crippen LogP contribution in [-0.2, 0) is 15.0 Å². The number of ether oxygens (including phenoxy) is 1. The quantitative estimate of drug-likeness (QED) is 0.251. The second-order valence-corrected chi connectivity index (χ2v) is 11.0. The number of hydrogen-bond acceptors (Lipinski definition) is 11. The van der Waals surface area contributed by atoms with Crippen molar-refractivity contribution >= 4 is 29.1 Å². The molecule has 0 fully saturated rings. The van der Waals surface area contributed by atoms with E-state index in [-0.39, 0.29) is 45.4 Å². The summed E-state index contributed by atoms with van der Waals surface area (Å²) in [5.74, 6) is -0.889. The predicted molar refractivity (Wildman–Crippen MR) is 141 cm³/mol. The summed E-state index contributed by atoms with van der Waals surface area (Å²) in [6, 6.07) is -0.447. The number of aromatic hydroxyl groups is 2. The lowest BCUT2D eigenvalue weighted by atomic mass is 9.70. The maximum absolute atomic E-state index is 14.0. The van der Waals surface area contributed by atoms with E-state index in [1.165, 1.54) is 26.8 Å². The van der Waals surface area contributed by atoms with Crippen LogP contribution in [0.25, 0.3) is 0 Å². The van der Waals surface area contributed by atoms with Crippen LogP contribution in [0.5, 0.6) is 17.2 Å². The van der Waals surface area contributed by atoms with Crippen molar-refractivity contribution in [2.75, 3.05) is 12.0 Å². The molecule has 4 rings (SSSR count). The van der Waals surface area contributed by atoms with Gasteiger partial charge in [-0.1, -0.05) is 19.0 Å². The number of allylic oxidation sites excluding steroid dienone is 4. The minimum Gasteiger partial charge on any atom is -0.507 e. The number of carbonyl (C=O) groups excluding carboxylic acids is 3. The Labute approximate surface area is 224 Å². The van der Waals surface area contributed by atoms with Gasteiger partial charge in [0.15, 0.2) is 23.2 Å². The first-order valence-electron chi connectivity index (χ1n) is 12.2. The number of fused-ring (bicyclic) bond motifs is 3. The minimum absolute atomic E-state index is 0.0146. The van der Waals surface area contributed by atoms with Gasteiger partial charge in [-0.25, -0.2) is 0 Å². The van der Waals surface area contributed by atoms with Crippen molar-refractivity contribution in [2.45, 2.75) is 65.3 Å². The molecule has 0 bridgehead atoms. The molecule has 1 unspecified atom stereocenters.